The number of aliphatic carboxylic acids is 1. The first kappa shape index (κ1) is 16.1. The van der Waals surface area contributed by atoms with Gasteiger partial charge in [-0.25, -0.2) is 4.79 Å². The lowest BCUT2D eigenvalue weighted by atomic mass is 10.1. The molecule has 6 heteroatoms. The molecule has 0 aromatic rings. The third-order valence-corrected chi connectivity index (χ3v) is 4.54. The molecule has 6 nitrogen and oxygen atoms in total. The van der Waals surface area contributed by atoms with Crippen molar-refractivity contribution in [2.45, 2.75) is 57.5 Å². The summed E-state index contributed by atoms with van der Waals surface area (Å²) >= 11 is 0. The van der Waals surface area contributed by atoms with Crippen LogP contribution in [-0.4, -0.2) is 65.2 Å². The number of hydrogen-bond donors (Lipinski definition) is 2. The Bertz CT molecular complexity index is 375. The fraction of sp³-hybridized carbons (Fsp3) is 0.867. The summed E-state index contributed by atoms with van der Waals surface area (Å²) in [6.07, 6.45) is 5.04. The van der Waals surface area contributed by atoms with Crippen LogP contribution in [-0.2, 0) is 4.79 Å². The predicted octanol–water partition coefficient (Wildman–Crippen LogP) is 1.51. The number of rotatable bonds is 6. The number of nitrogens with zero attached hydrogens (tertiary/aromatic N) is 2. The Labute approximate surface area is 126 Å². The number of nitrogens with one attached hydrogen (secondary N) is 1. The zero-order valence-corrected chi connectivity index (χ0v) is 12.9. The molecule has 2 heterocycles. The van der Waals surface area contributed by atoms with Gasteiger partial charge in [0.25, 0.3) is 0 Å². The highest BCUT2D eigenvalue weighted by Crippen LogP contribution is 2.24. The van der Waals surface area contributed by atoms with Crippen molar-refractivity contribution in [2.24, 2.45) is 0 Å². The van der Waals surface area contributed by atoms with Crippen molar-refractivity contribution in [3.05, 3.63) is 0 Å². The molecule has 0 aromatic carbocycles. The van der Waals surface area contributed by atoms with Crippen LogP contribution in [0.25, 0.3) is 0 Å². The summed E-state index contributed by atoms with van der Waals surface area (Å²) in [7, 11) is 0. The monoisotopic (exact) mass is 297 g/mol. The Hall–Kier alpha value is -1.30. The van der Waals surface area contributed by atoms with Gasteiger partial charge in [0, 0.05) is 38.1 Å². The lowest BCUT2D eigenvalue weighted by Crippen LogP contribution is -2.58. The van der Waals surface area contributed by atoms with E-state index >= 15 is 0 Å². The molecular weight excluding hydrogens is 270 g/mol. The molecule has 21 heavy (non-hydrogen) atoms. The van der Waals surface area contributed by atoms with Gasteiger partial charge < -0.3 is 15.3 Å². The van der Waals surface area contributed by atoms with Gasteiger partial charge >= 0.3 is 12.0 Å². The Morgan fingerprint density at radius 2 is 2.05 bits per heavy atom. The number of fused-ring (bicyclic) bond motifs is 1. The minimum atomic E-state index is -0.748. The molecule has 2 N–H and O–H groups in total. The summed E-state index contributed by atoms with van der Waals surface area (Å²) in [6, 6.07) is 0.848. The van der Waals surface area contributed by atoms with E-state index in [1.165, 1.54) is 19.4 Å². The van der Waals surface area contributed by atoms with Gasteiger partial charge in [0.05, 0.1) is 0 Å². The topological polar surface area (TPSA) is 72.9 Å². The molecule has 0 bridgehead atoms. The van der Waals surface area contributed by atoms with Crippen molar-refractivity contribution in [3.8, 4) is 0 Å². The van der Waals surface area contributed by atoms with Crippen molar-refractivity contribution in [3.63, 3.8) is 0 Å². The maximum absolute atomic E-state index is 12.2. The average Bonchev–Trinajstić information content (AvgIpc) is 2.88. The van der Waals surface area contributed by atoms with Gasteiger partial charge in [0.15, 0.2) is 0 Å². The second-order valence-corrected chi connectivity index (χ2v) is 6.23. The third-order valence-electron chi connectivity index (χ3n) is 4.54. The van der Waals surface area contributed by atoms with Crippen LogP contribution < -0.4 is 5.32 Å². The molecule has 2 aliphatic rings. The molecule has 2 saturated heterocycles. The molecule has 2 rings (SSSR count). The molecule has 0 spiro atoms. The van der Waals surface area contributed by atoms with E-state index in [-0.39, 0.29) is 18.5 Å². The van der Waals surface area contributed by atoms with Gasteiger partial charge in [-0.2, -0.15) is 0 Å². The highest BCUT2D eigenvalue weighted by atomic mass is 16.4. The molecule has 0 aromatic heterocycles. The van der Waals surface area contributed by atoms with Crippen LogP contribution in [0.15, 0.2) is 0 Å². The van der Waals surface area contributed by atoms with E-state index in [0.717, 1.165) is 25.9 Å². The summed E-state index contributed by atoms with van der Waals surface area (Å²) in [5.74, 6) is -0.748. The largest absolute Gasteiger partial charge is 0.481 e. The van der Waals surface area contributed by atoms with Crippen molar-refractivity contribution >= 4 is 12.0 Å². The molecular formula is C15H27N3O3. The molecule has 2 aliphatic heterocycles. The van der Waals surface area contributed by atoms with E-state index in [2.05, 4.69) is 17.1 Å². The molecule has 2 unspecified atom stereocenters. The van der Waals surface area contributed by atoms with Gasteiger partial charge in [0.2, 0.25) is 0 Å². The third kappa shape index (κ3) is 4.59. The SMILES string of the molecule is CC1CN2CCCC2CN1C(=O)NCCCCCC(=O)O. The van der Waals surface area contributed by atoms with Crippen LogP contribution in [0.2, 0.25) is 0 Å². The number of unbranched alkanes of at least 4 members (excludes halogenated alkanes) is 2. The highest BCUT2D eigenvalue weighted by Gasteiger charge is 2.36. The summed E-state index contributed by atoms with van der Waals surface area (Å²) in [5.41, 5.74) is 0. The number of amides is 2. The molecule has 0 saturated carbocycles. The number of carbonyl (C=O) groups excluding carboxylic acids is 1. The summed E-state index contributed by atoms with van der Waals surface area (Å²) in [6.45, 7) is 5.74. The zero-order chi connectivity index (χ0) is 15.2. The minimum absolute atomic E-state index is 0.0345. The fourth-order valence-corrected chi connectivity index (χ4v) is 3.35. The molecule has 2 amide bonds. The van der Waals surface area contributed by atoms with E-state index in [1.807, 2.05) is 4.90 Å². The first-order chi connectivity index (χ1) is 10.1. The first-order valence-corrected chi connectivity index (χ1v) is 8.08. The van der Waals surface area contributed by atoms with Gasteiger partial charge in [-0.3, -0.25) is 9.69 Å². The maximum Gasteiger partial charge on any atom is 0.317 e. The normalized spacial score (nSPS) is 25.7. The summed E-state index contributed by atoms with van der Waals surface area (Å²) in [4.78, 5) is 27.1. The van der Waals surface area contributed by atoms with Crippen molar-refractivity contribution in [1.82, 2.24) is 15.1 Å². The molecule has 2 atom stereocenters. The lowest BCUT2D eigenvalue weighted by molar-refractivity contribution is -0.137. The molecule has 0 radical (unpaired) electrons. The van der Waals surface area contributed by atoms with Gasteiger partial charge in [-0.1, -0.05) is 6.42 Å². The van der Waals surface area contributed by atoms with Gasteiger partial charge in [-0.15, -0.1) is 0 Å². The lowest BCUT2D eigenvalue weighted by Gasteiger charge is -2.42. The fourth-order valence-electron chi connectivity index (χ4n) is 3.35. The number of carboxylic acids is 1. The number of carboxylic acid groups (broad SMARTS) is 1. The van der Waals surface area contributed by atoms with Crippen LogP contribution in [0.3, 0.4) is 0 Å². The second kappa shape index (κ2) is 7.64. The van der Waals surface area contributed by atoms with Gasteiger partial charge in [-0.05, 0) is 39.2 Å². The smallest absolute Gasteiger partial charge is 0.317 e. The Kier molecular flexibility index (Phi) is 5.85. The Morgan fingerprint density at radius 3 is 2.81 bits per heavy atom. The standard InChI is InChI=1S/C15H27N3O3/c1-12-10-17-9-5-6-13(17)11-18(12)15(21)16-8-4-2-3-7-14(19)20/h12-13H,2-11H2,1H3,(H,16,21)(H,19,20). The second-order valence-electron chi connectivity index (χ2n) is 6.23. The number of hydrogen-bond acceptors (Lipinski definition) is 3. The first-order valence-electron chi connectivity index (χ1n) is 8.08. The number of carbonyl (C=O) groups is 2. The van der Waals surface area contributed by atoms with E-state index < -0.39 is 5.97 Å². The van der Waals surface area contributed by atoms with Crippen LogP contribution >= 0.6 is 0 Å². The zero-order valence-electron chi connectivity index (χ0n) is 12.9. The van der Waals surface area contributed by atoms with E-state index in [4.69, 9.17) is 5.11 Å². The molecule has 120 valence electrons. The highest BCUT2D eigenvalue weighted by molar-refractivity contribution is 5.74. The van der Waals surface area contributed by atoms with Gasteiger partial charge in [0.1, 0.15) is 0 Å². The minimum Gasteiger partial charge on any atom is -0.481 e. The van der Waals surface area contributed by atoms with Crippen LogP contribution in [0.1, 0.15) is 45.4 Å². The average molecular weight is 297 g/mol. The van der Waals surface area contributed by atoms with Crippen molar-refractivity contribution in [1.29, 1.82) is 0 Å². The predicted molar refractivity (Wildman–Crippen MR) is 80.3 cm³/mol. The summed E-state index contributed by atoms with van der Waals surface area (Å²) in [5, 5.41) is 11.5. The van der Waals surface area contributed by atoms with E-state index in [1.54, 1.807) is 0 Å². The Balaban J connectivity index is 1.64. The number of piperazine rings is 1. The van der Waals surface area contributed by atoms with Crippen molar-refractivity contribution in [2.75, 3.05) is 26.2 Å². The quantitative estimate of drug-likeness (QED) is 0.729. The van der Waals surface area contributed by atoms with Crippen molar-refractivity contribution < 1.29 is 14.7 Å². The molecule has 2 fully saturated rings. The van der Waals surface area contributed by atoms with E-state index in [0.29, 0.717) is 19.0 Å². The van der Waals surface area contributed by atoms with Crippen LogP contribution in [0, 0.1) is 0 Å². The summed E-state index contributed by atoms with van der Waals surface area (Å²) < 4.78 is 0. The Morgan fingerprint density at radius 1 is 1.24 bits per heavy atom. The van der Waals surface area contributed by atoms with Crippen LogP contribution in [0.4, 0.5) is 4.79 Å². The van der Waals surface area contributed by atoms with E-state index in [9.17, 15) is 9.59 Å². The maximum atomic E-state index is 12.2. The van der Waals surface area contributed by atoms with Crippen LogP contribution in [0.5, 0.6) is 0 Å². The number of urea groups is 1. The molecule has 0 aliphatic carbocycles.